The van der Waals surface area contributed by atoms with E-state index in [2.05, 4.69) is 67.4 Å². The van der Waals surface area contributed by atoms with E-state index < -0.39 is 0 Å². The summed E-state index contributed by atoms with van der Waals surface area (Å²) in [5, 5.41) is 13.1. The molecule has 0 aliphatic rings. The standard InChI is InChI=1S/C23H31N5/c1-4-27(5-2)15-14-24-17-22-23(21-12-7-6-8-13-21)26-28(25-22)18-20-11-9-10-19(3)16-20/h6-13,16,24H,4-5,14-15,17-18H2,1-3H3. The number of likely N-dealkylation sites (N-methyl/N-ethyl adjacent to an activating group) is 1. The van der Waals surface area contributed by atoms with Gasteiger partial charge in [0.2, 0.25) is 0 Å². The van der Waals surface area contributed by atoms with Gasteiger partial charge in [-0.1, -0.05) is 74.0 Å². The summed E-state index contributed by atoms with van der Waals surface area (Å²) in [5.41, 5.74) is 5.54. The predicted octanol–water partition coefficient (Wildman–Crippen LogP) is 3.73. The molecule has 0 amide bonds. The summed E-state index contributed by atoms with van der Waals surface area (Å²) in [6.45, 7) is 12.1. The lowest BCUT2D eigenvalue weighted by Crippen LogP contribution is -2.31. The summed E-state index contributed by atoms with van der Waals surface area (Å²) in [7, 11) is 0. The molecule has 1 N–H and O–H groups in total. The third-order valence-electron chi connectivity index (χ3n) is 4.97. The maximum Gasteiger partial charge on any atom is 0.117 e. The van der Waals surface area contributed by atoms with Gasteiger partial charge in [-0.2, -0.15) is 15.0 Å². The van der Waals surface area contributed by atoms with Crippen LogP contribution in [0.3, 0.4) is 0 Å². The average Bonchev–Trinajstić information content (AvgIpc) is 3.11. The minimum atomic E-state index is 0.682. The Balaban J connectivity index is 1.74. The quantitative estimate of drug-likeness (QED) is 0.547. The Morgan fingerprint density at radius 1 is 0.964 bits per heavy atom. The molecule has 0 aliphatic heterocycles. The second-order valence-electron chi connectivity index (χ2n) is 7.08. The molecular formula is C23H31N5. The first-order valence-electron chi connectivity index (χ1n) is 10.2. The van der Waals surface area contributed by atoms with Gasteiger partial charge in [0.25, 0.3) is 0 Å². The number of hydrogen-bond acceptors (Lipinski definition) is 4. The van der Waals surface area contributed by atoms with Crippen LogP contribution in [0, 0.1) is 6.92 Å². The van der Waals surface area contributed by atoms with E-state index in [1.54, 1.807) is 0 Å². The van der Waals surface area contributed by atoms with E-state index in [4.69, 9.17) is 10.2 Å². The fraction of sp³-hybridized carbons (Fsp3) is 0.391. The number of rotatable bonds is 10. The van der Waals surface area contributed by atoms with E-state index in [0.29, 0.717) is 6.54 Å². The first-order chi connectivity index (χ1) is 13.7. The molecule has 0 fully saturated rings. The third-order valence-corrected chi connectivity index (χ3v) is 4.97. The maximum atomic E-state index is 4.81. The lowest BCUT2D eigenvalue weighted by atomic mass is 10.1. The Morgan fingerprint density at radius 3 is 2.46 bits per heavy atom. The molecule has 0 spiro atoms. The second kappa shape index (κ2) is 10.2. The molecular weight excluding hydrogens is 346 g/mol. The minimum absolute atomic E-state index is 0.682. The highest BCUT2D eigenvalue weighted by Crippen LogP contribution is 2.20. The van der Waals surface area contributed by atoms with Crippen molar-refractivity contribution in [3.8, 4) is 11.3 Å². The van der Waals surface area contributed by atoms with Crippen molar-refractivity contribution in [1.29, 1.82) is 0 Å². The lowest BCUT2D eigenvalue weighted by molar-refractivity contribution is 0.302. The Hall–Kier alpha value is -2.50. The van der Waals surface area contributed by atoms with Crippen molar-refractivity contribution in [2.24, 2.45) is 0 Å². The van der Waals surface area contributed by atoms with Gasteiger partial charge in [0, 0.05) is 25.2 Å². The Bertz CT molecular complexity index is 852. The van der Waals surface area contributed by atoms with E-state index in [1.165, 1.54) is 11.1 Å². The van der Waals surface area contributed by atoms with Crippen LogP contribution in [-0.2, 0) is 13.1 Å². The number of hydrogen-bond donors (Lipinski definition) is 1. The highest BCUT2D eigenvalue weighted by molar-refractivity contribution is 5.60. The zero-order valence-electron chi connectivity index (χ0n) is 17.2. The van der Waals surface area contributed by atoms with Crippen molar-refractivity contribution in [2.45, 2.75) is 33.9 Å². The molecule has 0 unspecified atom stereocenters. The molecule has 0 saturated heterocycles. The van der Waals surface area contributed by atoms with Crippen molar-refractivity contribution < 1.29 is 0 Å². The molecule has 0 radical (unpaired) electrons. The van der Waals surface area contributed by atoms with Crippen LogP contribution in [0.15, 0.2) is 54.6 Å². The van der Waals surface area contributed by atoms with Crippen LogP contribution < -0.4 is 5.32 Å². The number of aromatic nitrogens is 3. The summed E-state index contributed by atoms with van der Waals surface area (Å²) < 4.78 is 0. The molecule has 5 nitrogen and oxygen atoms in total. The van der Waals surface area contributed by atoms with Gasteiger partial charge in [0.05, 0.1) is 6.54 Å². The monoisotopic (exact) mass is 377 g/mol. The molecule has 0 atom stereocenters. The van der Waals surface area contributed by atoms with Gasteiger partial charge < -0.3 is 10.2 Å². The first kappa shape index (κ1) is 20.2. The van der Waals surface area contributed by atoms with Crippen LogP contribution in [0.2, 0.25) is 0 Å². The van der Waals surface area contributed by atoms with Gasteiger partial charge in [-0.25, -0.2) is 0 Å². The summed E-state index contributed by atoms with van der Waals surface area (Å²) in [6.07, 6.45) is 0. The largest absolute Gasteiger partial charge is 0.310 e. The van der Waals surface area contributed by atoms with Crippen LogP contribution in [0.25, 0.3) is 11.3 Å². The Kier molecular flexibility index (Phi) is 7.34. The van der Waals surface area contributed by atoms with Crippen molar-refractivity contribution in [2.75, 3.05) is 26.2 Å². The number of aryl methyl sites for hydroxylation is 1. The van der Waals surface area contributed by atoms with E-state index >= 15 is 0 Å². The Labute approximate surface area is 168 Å². The zero-order chi connectivity index (χ0) is 19.8. The highest BCUT2D eigenvalue weighted by atomic mass is 15.5. The lowest BCUT2D eigenvalue weighted by Gasteiger charge is -2.17. The average molecular weight is 378 g/mol. The molecule has 1 aromatic heterocycles. The second-order valence-corrected chi connectivity index (χ2v) is 7.08. The number of benzene rings is 2. The molecule has 3 aromatic rings. The molecule has 3 rings (SSSR count). The van der Waals surface area contributed by atoms with E-state index in [9.17, 15) is 0 Å². The first-order valence-corrected chi connectivity index (χ1v) is 10.2. The van der Waals surface area contributed by atoms with E-state index in [1.807, 2.05) is 23.0 Å². The van der Waals surface area contributed by atoms with Gasteiger partial charge in [0.15, 0.2) is 0 Å². The number of nitrogens with zero attached hydrogens (tertiary/aromatic N) is 4. The van der Waals surface area contributed by atoms with E-state index in [0.717, 1.165) is 49.7 Å². The molecule has 0 saturated carbocycles. The van der Waals surface area contributed by atoms with Gasteiger partial charge in [-0.15, -0.1) is 0 Å². The maximum absolute atomic E-state index is 4.81. The van der Waals surface area contributed by atoms with Crippen LogP contribution in [-0.4, -0.2) is 46.1 Å². The summed E-state index contributed by atoms with van der Waals surface area (Å²) in [5.74, 6) is 0. The fourth-order valence-corrected chi connectivity index (χ4v) is 3.35. The van der Waals surface area contributed by atoms with Crippen LogP contribution in [0.5, 0.6) is 0 Å². The molecule has 0 aliphatic carbocycles. The normalized spacial score (nSPS) is 11.3. The SMILES string of the molecule is CCN(CC)CCNCc1nn(Cc2cccc(C)c2)nc1-c1ccccc1. The molecule has 1 heterocycles. The van der Waals surface area contributed by atoms with Gasteiger partial charge in [0.1, 0.15) is 11.4 Å². The van der Waals surface area contributed by atoms with Crippen molar-refractivity contribution in [1.82, 2.24) is 25.2 Å². The van der Waals surface area contributed by atoms with Gasteiger partial charge >= 0.3 is 0 Å². The van der Waals surface area contributed by atoms with E-state index in [-0.39, 0.29) is 0 Å². The predicted molar refractivity (Wildman–Crippen MR) is 115 cm³/mol. The van der Waals surface area contributed by atoms with Crippen molar-refractivity contribution in [3.63, 3.8) is 0 Å². The third kappa shape index (κ3) is 5.50. The molecule has 148 valence electrons. The highest BCUT2D eigenvalue weighted by Gasteiger charge is 2.13. The van der Waals surface area contributed by atoms with Gasteiger partial charge in [-0.05, 0) is 25.6 Å². The topological polar surface area (TPSA) is 46.0 Å². The van der Waals surface area contributed by atoms with Crippen LogP contribution in [0.1, 0.15) is 30.7 Å². The van der Waals surface area contributed by atoms with Crippen LogP contribution >= 0.6 is 0 Å². The smallest absolute Gasteiger partial charge is 0.117 e. The minimum Gasteiger partial charge on any atom is -0.310 e. The number of nitrogens with one attached hydrogen (secondary N) is 1. The zero-order valence-corrected chi connectivity index (χ0v) is 17.2. The molecule has 28 heavy (non-hydrogen) atoms. The van der Waals surface area contributed by atoms with Crippen molar-refractivity contribution in [3.05, 3.63) is 71.4 Å². The van der Waals surface area contributed by atoms with Crippen molar-refractivity contribution >= 4 is 0 Å². The fourth-order valence-electron chi connectivity index (χ4n) is 3.35. The van der Waals surface area contributed by atoms with Gasteiger partial charge in [-0.3, -0.25) is 0 Å². The molecule has 0 bridgehead atoms. The molecule has 2 aromatic carbocycles. The summed E-state index contributed by atoms with van der Waals surface area (Å²) >= 11 is 0. The Morgan fingerprint density at radius 2 is 1.75 bits per heavy atom. The van der Waals surface area contributed by atoms with Crippen LogP contribution in [0.4, 0.5) is 0 Å². The summed E-state index contributed by atoms with van der Waals surface area (Å²) in [6, 6.07) is 18.8. The summed E-state index contributed by atoms with van der Waals surface area (Å²) in [4.78, 5) is 4.23. The molecule has 5 heteroatoms.